The Morgan fingerprint density at radius 3 is 2.40 bits per heavy atom. The first-order chi connectivity index (χ1) is 6.90. The molecule has 0 fully saturated rings. The lowest BCUT2D eigenvalue weighted by atomic mass is 10.3. The van der Waals surface area contributed by atoms with E-state index in [0.29, 0.717) is 6.54 Å². The minimum absolute atomic E-state index is 0.218. The summed E-state index contributed by atoms with van der Waals surface area (Å²) < 4.78 is 25.6. The maximum atomic E-state index is 11.2. The second-order valence-corrected chi connectivity index (χ2v) is 5.28. The largest absolute Gasteiger partial charge is 0.355 e. The molecule has 0 aliphatic heterocycles. The number of carbonyl (C=O) groups excluding carboxylic acids is 1. The Balaban J connectivity index is 3.81. The standard InChI is InChI=1S/C8H19N3O3S/c1-4-5-6-9-8(12)7-10-15(13,14)11(2)3/h10H,4-7H2,1-3H3,(H,9,12). The molecule has 0 unspecified atom stereocenters. The summed E-state index contributed by atoms with van der Waals surface area (Å²) in [5.41, 5.74) is 0. The van der Waals surface area contributed by atoms with Crippen LogP contribution in [0.15, 0.2) is 0 Å². The van der Waals surface area contributed by atoms with Crippen molar-refractivity contribution in [3.05, 3.63) is 0 Å². The number of nitrogens with one attached hydrogen (secondary N) is 2. The Morgan fingerprint density at radius 2 is 1.93 bits per heavy atom. The first-order valence-electron chi connectivity index (χ1n) is 4.84. The van der Waals surface area contributed by atoms with E-state index in [1.165, 1.54) is 14.1 Å². The molecule has 0 aliphatic rings. The number of hydrogen-bond acceptors (Lipinski definition) is 3. The van der Waals surface area contributed by atoms with E-state index in [2.05, 4.69) is 10.0 Å². The molecule has 0 aliphatic carbocycles. The molecular formula is C8H19N3O3S. The molecule has 0 saturated carbocycles. The Bertz CT molecular complexity index is 288. The smallest absolute Gasteiger partial charge is 0.279 e. The van der Waals surface area contributed by atoms with Crippen molar-refractivity contribution in [2.45, 2.75) is 19.8 Å². The summed E-state index contributed by atoms with van der Waals surface area (Å²) in [5.74, 6) is -0.311. The molecule has 0 spiro atoms. The first kappa shape index (κ1) is 14.3. The molecule has 0 aromatic heterocycles. The molecule has 1 amide bonds. The van der Waals surface area contributed by atoms with E-state index in [1.807, 2.05) is 6.92 Å². The van der Waals surface area contributed by atoms with Crippen LogP contribution in [0.2, 0.25) is 0 Å². The van der Waals surface area contributed by atoms with Crippen LogP contribution in [0.1, 0.15) is 19.8 Å². The van der Waals surface area contributed by atoms with Crippen LogP contribution in [0, 0.1) is 0 Å². The number of carbonyl (C=O) groups is 1. The minimum Gasteiger partial charge on any atom is -0.355 e. The molecule has 90 valence electrons. The van der Waals surface area contributed by atoms with Crippen molar-refractivity contribution in [2.75, 3.05) is 27.2 Å². The van der Waals surface area contributed by atoms with Crippen LogP contribution in [0.25, 0.3) is 0 Å². The second-order valence-electron chi connectivity index (χ2n) is 3.31. The molecule has 15 heavy (non-hydrogen) atoms. The fourth-order valence-electron chi connectivity index (χ4n) is 0.753. The lowest BCUT2D eigenvalue weighted by Crippen LogP contribution is -2.42. The molecule has 0 heterocycles. The van der Waals surface area contributed by atoms with E-state index in [0.717, 1.165) is 17.1 Å². The van der Waals surface area contributed by atoms with Crippen molar-refractivity contribution in [3.8, 4) is 0 Å². The molecular weight excluding hydrogens is 218 g/mol. The summed E-state index contributed by atoms with van der Waals surface area (Å²) in [6.07, 6.45) is 1.88. The highest BCUT2D eigenvalue weighted by Crippen LogP contribution is 1.87. The molecule has 0 radical (unpaired) electrons. The van der Waals surface area contributed by atoms with Gasteiger partial charge >= 0.3 is 0 Å². The van der Waals surface area contributed by atoms with Gasteiger partial charge in [0.2, 0.25) is 5.91 Å². The van der Waals surface area contributed by atoms with E-state index in [9.17, 15) is 13.2 Å². The van der Waals surface area contributed by atoms with Crippen molar-refractivity contribution >= 4 is 16.1 Å². The van der Waals surface area contributed by atoms with Crippen LogP contribution >= 0.6 is 0 Å². The van der Waals surface area contributed by atoms with Crippen LogP contribution in [-0.4, -0.2) is 45.8 Å². The average Bonchev–Trinajstić information content (AvgIpc) is 2.15. The lowest BCUT2D eigenvalue weighted by Gasteiger charge is -2.12. The number of amides is 1. The van der Waals surface area contributed by atoms with Crippen LogP contribution < -0.4 is 10.0 Å². The van der Waals surface area contributed by atoms with Gasteiger partial charge in [-0.1, -0.05) is 13.3 Å². The molecule has 0 rings (SSSR count). The zero-order valence-electron chi connectivity index (χ0n) is 9.41. The van der Waals surface area contributed by atoms with Gasteiger partial charge in [-0.2, -0.15) is 17.4 Å². The van der Waals surface area contributed by atoms with Crippen LogP contribution in [0.5, 0.6) is 0 Å². The molecule has 0 aromatic rings. The van der Waals surface area contributed by atoms with E-state index in [-0.39, 0.29) is 12.5 Å². The van der Waals surface area contributed by atoms with Gasteiger partial charge in [0, 0.05) is 20.6 Å². The third-order valence-electron chi connectivity index (χ3n) is 1.75. The van der Waals surface area contributed by atoms with Gasteiger partial charge in [-0.25, -0.2) is 0 Å². The predicted octanol–water partition coefficient (Wildman–Crippen LogP) is -0.701. The van der Waals surface area contributed by atoms with Crippen molar-refractivity contribution in [1.29, 1.82) is 0 Å². The van der Waals surface area contributed by atoms with E-state index in [4.69, 9.17) is 0 Å². The van der Waals surface area contributed by atoms with Crippen LogP contribution in [-0.2, 0) is 15.0 Å². The number of rotatable bonds is 7. The molecule has 0 atom stereocenters. The molecule has 0 saturated heterocycles. The van der Waals surface area contributed by atoms with E-state index >= 15 is 0 Å². The van der Waals surface area contributed by atoms with Gasteiger partial charge < -0.3 is 5.32 Å². The highest BCUT2D eigenvalue weighted by atomic mass is 32.2. The summed E-state index contributed by atoms with van der Waals surface area (Å²) in [5, 5.41) is 2.61. The number of unbranched alkanes of at least 4 members (excludes halogenated alkanes) is 1. The van der Waals surface area contributed by atoms with E-state index < -0.39 is 10.2 Å². The van der Waals surface area contributed by atoms with Crippen molar-refractivity contribution in [2.24, 2.45) is 0 Å². The highest BCUT2D eigenvalue weighted by Gasteiger charge is 2.13. The topological polar surface area (TPSA) is 78.5 Å². The molecule has 2 N–H and O–H groups in total. The summed E-state index contributed by atoms with van der Waals surface area (Å²) in [6.45, 7) is 2.38. The van der Waals surface area contributed by atoms with Gasteiger partial charge in [-0.3, -0.25) is 4.79 Å². The zero-order chi connectivity index (χ0) is 11.9. The van der Waals surface area contributed by atoms with Gasteiger partial charge in [-0.15, -0.1) is 0 Å². The quantitative estimate of drug-likeness (QED) is 0.575. The summed E-state index contributed by atoms with van der Waals surface area (Å²) in [6, 6.07) is 0. The molecule has 7 heteroatoms. The Kier molecular flexibility index (Phi) is 6.46. The fourth-order valence-corrected chi connectivity index (χ4v) is 1.32. The number of nitrogens with zero attached hydrogens (tertiary/aromatic N) is 1. The minimum atomic E-state index is -3.50. The monoisotopic (exact) mass is 237 g/mol. The van der Waals surface area contributed by atoms with Gasteiger partial charge in [0.15, 0.2) is 0 Å². The maximum Gasteiger partial charge on any atom is 0.279 e. The highest BCUT2D eigenvalue weighted by molar-refractivity contribution is 7.87. The normalized spacial score (nSPS) is 11.7. The van der Waals surface area contributed by atoms with E-state index in [1.54, 1.807) is 0 Å². The fraction of sp³-hybridized carbons (Fsp3) is 0.875. The van der Waals surface area contributed by atoms with Crippen molar-refractivity contribution < 1.29 is 13.2 Å². The van der Waals surface area contributed by atoms with Crippen molar-refractivity contribution in [1.82, 2.24) is 14.3 Å². The Labute approximate surface area is 91.2 Å². The Morgan fingerprint density at radius 1 is 1.33 bits per heavy atom. The maximum absolute atomic E-state index is 11.2. The van der Waals surface area contributed by atoms with Crippen LogP contribution in [0.4, 0.5) is 0 Å². The first-order valence-corrected chi connectivity index (χ1v) is 6.28. The lowest BCUT2D eigenvalue weighted by molar-refractivity contribution is -0.119. The second kappa shape index (κ2) is 6.76. The summed E-state index contributed by atoms with van der Waals surface area (Å²) in [7, 11) is -0.701. The zero-order valence-corrected chi connectivity index (χ0v) is 10.2. The number of hydrogen-bond donors (Lipinski definition) is 2. The van der Waals surface area contributed by atoms with Crippen molar-refractivity contribution in [3.63, 3.8) is 0 Å². The summed E-state index contributed by atoms with van der Waals surface area (Å²) in [4.78, 5) is 11.1. The average molecular weight is 237 g/mol. The van der Waals surface area contributed by atoms with Gasteiger partial charge in [0.05, 0.1) is 6.54 Å². The third kappa shape index (κ3) is 6.43. The Hall–Kier alpha value is -0.660. The molecule has 0 bridgehead atoms. The van der Waals surface area contributed by atoms with Gasteiger partial charge in [0.25, 0.3) is 10.2 Å². The van der Waals surface area contributed by atoms with Gasteiger partial charge in [-0.05, 0) is 6.42 Å². The molecule has 6 nitrogen and oxygen atoms in total. The third-order valence-corrected chi connectivity index (χ3v) is 3.22. The summed E-state index contributed by atoms with van der Waals surface area (Å²) >= 11 is 0. The molecule has 0 aromatic carbocycles. The van der Waals surface area contributed by atoms with Crippen LogP contribution in [0.3, 0.4) is 0 Å². The SMILES string of the molecule is CCCCNC(=O)CNS(=O)(=O)N(C)C. The van der Waals surface area contributed by atoms with Gasteiger partial charge in [0.1, 0.15) is 0 Å². The predicted molar refractivity (Wildman–Crippen MR) is 58.5 cm³/mol.